The SMILES string of the molecule is CC(C)(C)NC(=O)OC1(c2ccc(OCc3ccccc3)cc2)CCN(CC(O)CO)C1=O. The lowest BCUT2D eigenvalue weighted by atomic mass is 9.91. The number of carbonyl (C=O) groups excluding carboxylic acids is 2. The highest BCUT2D eigenvalue weighted by molar-refractivity contribution is 5.91. The number of alkyl carbamates (subject to hydrolysis) is 1. The van der Waals surface area contributed by atoms with E-state index >= 15 is 0 Å². The number of likely N-dealkylation sites (tertiary alicyclic amines) is 1. The first-order valence-corrected chi connectivity index (χ1v) is 11.0. The molecule has 0 bridgehead atoms. The Bertz CT molecular complexity index is 942. The summed E-state index contributed by atoms with van der Waals surface area (Å²) in [6, 6.07) is 16.7. The van der Waals surface area contributed by atoms with Crippen LogP contribution in [0, 0.1) is 0 Å². The van der Waals surface area contributed by atoms with Crippen molar-refractivity contribution in [3.63, 3.8) is 0 Å². The number of aliphatic hydroxyl groups excluding tert-OH is 2. The van der Waals surface area contributed by atoms with Crippen LogP contribution in [0.25, 0.3) is 0 Å². The fraction of sp³-hybridized carbons (Fsp3) is 0.440. The minimum atomic E-state index is -1.53. The summed E-state index contributed by atoms with van der Waals surface area (Å²) in [5.74, 6) is 0.187. The van der Waals surface area contributed by atoms with Crippen LogP contribution in [-0.4, -0.2) is 58.5 Å². The Hall–Kier alpha value is -3.10. The van der Waals surface area contributed by atoms with E-state index in [1.54, 1.807) is 24.3 Å². The van der Waals surface area contributed by atoms with Gasteiger partial charge in [-0.05, 0) is 38.5 Å². The molecular weight excluding hydrogens is 424 g/mol. The van der Waals surface area contributed by atoms with Gasteiger partial charge in [-0.3, -0.25) is 4.79 Å². The molecule has 2 amide bonds. The van der Waals surface area contributed by atoms with Crippen molar-refractivity contribution in [2.45, 2.75) is 51.0 Å². The van der Waals surface area contributed by atoms with Crippen LogP contribution < -0.4 is 10.1 Å². The highest BCUT2D eigenvalue weighted by atomic mass is 16.6. The normalized spacial score (nSPS) is 19.3. The van der Waals surface area contributed by atoms with Gasteiger partial charge in [-0.1, -0.05) is 42.5 Å². The van der Waals surface area contributed by atoms with Crippen LogP contribution in [0.3, 0.4) is 0 Å². The van der Waals surface area contributed by atoms with E-state index in [0.29, 0.717) is 17.9 Å². The second kappa shape index (κ2) is 10.2. The summed E-state index contributed by atoms with van der Waals surface area (Å²) < 4.78 is 11.6. The maximum Gasteiger partial charge on any atom is 0.408 e. The van der Waals surface area contributed by atoms with Crippen LogP contribution in [0.4, 0.5) is 4.79 Å². The molecule has 8 heteroatoms. The third-order valence-electron chi connectivity index (χ3n) is 5.32. The second-order valence-electron chi connectivity index (χ2n) is 9.23. The first kappa shape index (κ1) is 24.5. The highest BCUT2D eigenvalue weighted by Gasteiger charge is 2.52. The van der Waals surface area contributed by atoms with E-state index in [4.69, 9.17) is 14.6 Å². The van der Waals surface area contributed by atoms with Crippen molar-refractivity contribution in [3.05, 3.63) is 65.7 Å². The zero-order valence-electron chi connectivity index (χ0n) is 19.3. The molecule has 33 heavy (non-hydrogen) atoms. The molecule has 2 unspecified atom stereocenters. The molecular formula is C25H32N2O6. The summed E-state index contributed by atoms with van der Waals surface area (Å²) in [4.78, 5) is 27.4. The minimum Gasteiger partial charge on any atom is -0.489 e. The Balaban J connectivity index is 1.81. The number of nitrogens with zero attached hydrogens (tertiary/aromatic N) is 1. The van der Waals surface area contributed by atoms with E-state index in [-0.39, 0.29) is 19.5 Å². The largest absolute Gasteiger partial charge is 0.489 e. The van der Waals surface area contributed by atoms with Gasteiger partial charge in [0.15, 0.2) is 0 Å². The van der Waals surface area contributed by atoms with Crippen molar-refractivity contribution < 1.29 is 29.3 Å². The molecule has 0 spiro atoms. The Morgan fingerprint density at radius 2 is 1.82 bits per heavy atom. The van der Waals surface area contributed by atoms with Crippen molar-refractivity contribution in [1.82, 2.24) is 10.2 Å². The van der Waals surface area contributed by atoms with Crippen molar-refractivity contribution in [1.29, 1.82) is 0 Å². The number of rotatable bonds is 8. The van der Waals surface area contributed by atoms with Gasteiger partial charge in [-0.2, -0.15) is 0 Å². The number of hydrogen-bond acceptors (Lipinski definition) is 6. The number of benzene rings is 2. The molecule has 0 aromatic heterocycles. The molecule has 178 valence electrons. The molecule has 1 fully saturated rings. The fourth-order valence-corrected chi connectivity index (χ4v) is 3.72. The molecule has 0 saturated carbocycles. The van der Waals surface area contributed by atoms with Crippen LogP contribution in [0.1, 0.15) is 38.3 Å². The average molecular weight is 457 g/mol. The van der Waals surface area contributed by atoms with Crippen LogP contribution >= 0.6 is 0 Å². The zero-order valence-corrected chi connectivity index (χ0v) is 19.3. The third-order valence-corrected chi connectivity index (χ3v) is 5.32. The van der Waals surface area contributed by atoms with Gasteiger partial charge in [-0.25, -0.2) is 4.79 Å². The lowest BCUT2D eigenvalue weighted by molar-refractivity contribution is -0.145. The molecule has 2 aromatic rings. The van der Waals surface area contributed by atoms with Crippen molar-refractivity contribution >= 4 is 12.0 Å². The zero-order chi connectivity index (χ0) is 24.1. The number of ether oxygens (including phenoxy) is 2. The van der Waals surface area contributed by atoms with Crippen LogP contribution in [0.5, 0.6) is 5.75 Å². The highest BCUT2D eigenvalue weighted by Crippen LogP contribution is 2.38. The molecule has 3 N–H and O–H groups in total. The van der Waals surface area contributed by atoms with Crippen molar-refractivity contribution in [3.8, 4) is 5.75 Å². The molecule has 1 aliphatic rings. The predicted molar refractivity (Wildman–Crippen MR) is 123 cm³/mol. The van der Waals surface area contributed by atoms with Gasteiger partial charge < -0.3 is 29.9 Å². The van der Waals surface area contributed by atoms with Gasteiger partial charge in [-0.15, -0.1) is 0 Å². The van der Waals surface area contributed by atoms with E-state index in [9.17, 15) is 14.7 Å². The Kier molecular flexibility index (Phi) is 7.61. The monoisotopic (exact) mass is 456 g/mol. The molecule has 2 aromatic carbocycles. The Labute approximate surface area is 194 Å². The number of aliphatic hydroxyl groups is 2. The molecule has 2 atom stereocenters. The smallest absolute Gasteiger partial charge is 0.408 e. The summed E-state index contributed by atoms with van der Waals surface area (Å²) in [5, 5.41) is 21.7. The van der Waals surface area contributed by atoms with E-state index in [1.807, 2.05) is 51.1 Å². The number of β-amino-alcohol motifs (C(OH)–C–C–N with tert-alkyl or cyclic N) is 1. The van der Waals surface area contributed by atoms with Crippen molar-refractivity contribution in [2.24, 2.45) is 0 Å². The van der Waals surface area contributed by atoms with Crippen LogP contribution in [0.2, 0.25) is 0 Å². The summed E-state index contributed by atoms with van der Waals surface area (Å²) in [6.07, 6.45) is -1.54. The molecule has 1 heterocycles. The van der Waals surface area contributed by atoms with E-state index in [0.717, 1.165) is 5.56 Å². The van der Waals surface area contributed by atoms with Gasteiger partial charge in [0.05, 0.1) is 12.7 Å². The topological polar surface area (TPSA) is 108 Å². The lowest BCUT2D eigenvalue weighted by Gasteiger charge is -2.31. The number of nitrogens with one attached hydrogen (secondary N) is 1. The fourth-order valence-electron chi connectivity index (χ4n) is 3.72. The number of hydrogen-bond donors (Lipinski definition) is 3. The quantitative estimate of drug-likeness (QED) is 0.564. The molecule has 8 nitrogen and oxygen atoms in total. The van der Waals surface area contributed by atoms with Gasteiger partial charge in [0.2, 0.25) is 5.60 Å². The third kappa shape index (κ3) is 6.24. The van der Waals surface area contributed by atoms with Crippen LogP contribution in [0.15, 0.2) is 54.6 Å². The first-order chi connectivity index (χ1) is 15.6. The van der Waals surface area contributed by atoms with Crippen LogP contribution in [-0.2, 0) is 21.7 Å². The number of amides is 2. The maximum atomic E-state index is 13.4. The van der Waals surface area contributed by atoms with Crippen molar-refractivity contribution in [2.75, 3.05) is 19.7 Å². The molecule has 0 radical (unpaired) electrons. The molecule has 1 saturated heterocycles. The first-order valence-electron chi connectivity index (χ1n) is 11.0. The average Bonchev–Trinajstić information content (AvgIpc) is 3.08. The molecule has 3 rings (SSSR count). The van der Waals surface area contributed by atoms with E-state index < -0.39 is 35.9 Å². The number of carbonyl (C=O) groups is 2. The summed E-state index contributed by atoms with van der Waals surface area (Å²) in [6.45, 7) is 5.64. The summed E-state index contributed by atoms with van der Waals surface area (Å²) in [5.41, 5.74) is -0.515. The Morgan fingerprint density at radius 3 is 2.42 bits per heavy atom. The lowest BCUT2D eigenvalue weighted by Crippen LogP contribution is -2.48. The van der Waals surface area contributed by atoms with Gasteiger partial charge in [0, 0.05) is 30.6 Å². The van der Waals surface area contributed by atoms with Gasteiger partial charge >= 0.3 is 6.09 Å². The molecule has 1 aliphatic heterocycles. The predicted octanol–water partition coefficient (Wildman–Crippen LogP) is 2.57. The van der Waals surface area contributed by atoms with E-state index in [1.165, 1.54) is 4.90 Å². The summed E-state index contributed by atoms with van der Waals surface area (Å²) >= 11 is 0. The van der Waals surface area contributed by atoms with Gasteiger partial charge in [0.1, 0.15) is 12.4 Å². The minimum absolute atomic E-state index is 0.0421. The molecule has 0 aliphatic carbocycles. The second-order valence-corrected chi connectivity index (χ2v) is 9.23. The summed E-state index contributed by atoms with van der Waals surface area (Å²) in [7, 11) is 0. The van der Waals surface area contributed by atoms with Gasteiger partial charge in [0.25, 0.3) is 5.91 Å². The van der Waals surface area contributed by atoms with E-state index in [2.05, 4.69) is 5.32 Å². The maximum absolute atomic E-state index is 13.4. The Morgan fingerprint density at radius 1 is 1.15 bits per heavy atom. The standard InChI is InChI=1S/C25H32N2O6/c1-24(2,3)26-23(31)33-25(13-14-27(22(25)30)15-20(29)16-28)19-9-11-21(12-10-19)32-17-18-7-5-4-6-8-18/h4-12,20,28-29H,13-17H2,1-3H3,(H,26,31).